The molecule has 0 saturated heterocycles. The van der Waals surface area contributed by atoms with Crippen LogP contribution in [-0.4, -0.2) is 25.4 Å². The fraction of sp³-hybridized carbons (Fsp3) is 0.182. The van der Waals surface area contributed by atoms with E-state index in [4.69, 9.17) is 4.98 Å². The van der Waals surface area contributed by atoms with Gasteiger partial charge in [-0.15, -0.1) is 0 Å². The van der Waals surface area contributed by atoms with E-state index in [-0.39, 0.29) is 5.91 Å². The summed E-state index contributed by atoms with van der Waals surface area (Å²) >= 11 is 0. The van der Waals surface area contributed by atoms with Gasteiger partial charge in [-0.05, 0) is 29.8 Å². The molecule has 4 aromatic rings. The second kappa shape index (κ2) is 8.43. The van der Waals surface area contributed by atoms with Crippen LogP contribution in [0, 0.1) is 0 Å². The van der Waals surface area contributed by atoms with Crippen LogP contribution in [0.25, 0.3) is 11.2 Å². The SMILES string of the molecule is O=C(CCc1nc2cccnc2n1Cc1ccccc1)NCc1ccccn1. The van der Waals surface area contributed by atoms with Crippen LogP contribution in [0.4, 0.5) is 0 Å². The molecule has 0 fully saturated rings. The number of fused-ring (bicyclic) bond motifs is 1. The van der Waals surface area contributed by atoms with Gasteiger partial charge in [0.2, 0.25) is 5.91 Å². The number of carbonyl (C=O) groups is 1. The molecule has 0 aliphatic heterocycles. The first-order chi connectivity index (χ1) is 13.8. The number of nitrogens with one attached hydrogen (secondary N) is 1. The Kier molecular flexibility index (Phi) is 5.38. The summed E-state index contributed by atoms with van der Waals surface area (Å²) in [5.41, 5.74) is 3.71. The molecular formula is C22H21N5O. The van der Waals surface area contributed by atoms with Crippen LogP contribution < -0.4 is 5.32 Å². The molecule has 0 unspecified atom stereocenters. The maximum absolute atomic E-state index is 12.3. The molecule has 4 rings (SSSR count). The van der Waals surface area contributed by atoms with E-state index >= 15 is 0 Å². The number of imidazole rings is 1. The quantitative estimate of drug-likeness (QED) is 0.542. The number of carbonyl (C=O) groups excluding carboxylic acids is 1. The number of aromatic nitrogens is 4. The fourth-order valence-electron chi connectivity index (χ4n) is 3.13. The van der Waals surface area contributed by atoms with E-state index in [0.29, 0.717) is 25.9 Å². The third kappa shape index (κ3) is 4.23. The summed E-state index contributed by atoms with van der Waals surface area (Å²) in [6.45, 7) is 1.11. The molecule has 1 aromatic carbocycles. The zero-order valence-corrected chi connectivity index (χ0v) is 15.5. The zero-order valence-electron chi connectivity index (χ0n) is 15.5. The van der Waals surface area contributed by atoms with Gasteiger partial charge in [0.15, 0.2) is 5.65 Å². The van der Waals surface area contributed by atoms with Crippen molar-refractivity contribution in [3.05, 3.63) is 90.1 Å². The van der Waals surface area contributed by atoms with Crippen LogP contribution in [0.2, 0.25) is 0 Å². The van der Waals surface area contributed by atoms with Crippen LogP contribution in [0.1, 0.15) is 23.5 Å². The molecular weight excluding hydrogens is 350 g/mol. The van der Waals surface area contributed by atoms with Crippen molar-refractivity contribution in [3.63, 3.8) is 0 Å². The summed E-state index contributed by atoms with van der Waals surface area (Å²) < 4.78 is 2.09. The van der Waals surface area contributed by atoms with E-state index in [1.807, 2.05) is 48.5 Å². The lowest BCUT2D eigenvalue weighted by Gasteiger charge is -2.09. The number of pyridine rings is 2. The molecule has 6 heteroatoms. The van der Waals surface area contributed by atoms with Gasteiger partial charge in [-0.3, -0.25) is 9.78 Å². The molecule has 140 valence electrons. The third-order valence-electron chi connectivity index (χ3n) is 4.53. The van der Waals surface area contributed by atoms with E-state index < -0.39 is 0 Å². The molecule has 28 heavy (non-hydrogen) atoms. The monoisotopic (exact) mass is 371 g/mol. The lowest BCUT2D eigenvalue weighted by molar-refractivity contribution is -0.121. The van der Waals surface area contributed by atoms with Crippen LogP contribution >= 0.6 is 0 Å². The minimum absolute atomic E-state index is 0.0167. The second-order valence-corrected chi connectivity index (χ2v) is 6.54. The van der Waals surface area contributed by atoms with Crippen molar-refractivity contribution in [3.8, 4) is 0 Å². The van der Waals surface area contributed by atoms with Gasteiger partial charge >= 0.3 is 0 Å². The van der Waals surface area contributed by atoms with Gasteiger partial charge in [-0.2, -0.15) is 0 Å². The average Bonchev–Trinajstić information content (AvgIpc) is 3.10. The molecule has 0 atom stereocenters. The smallest absolute Gasteiger partial charge is 0.220 e. The van der Waals surface area contributed by atoms with E-state index in [1.165, 1.54) is 5.56 Å². The topological polar surface area (TPSA) is 72.7 Å². The molecule has 0 spiro atoms. The molecule has 1 amide bonds. The predicted octanol–water partition coefficient (Wildman–Crippen LogP) is 3.12. The summed E-state index contributed by atoms with van der Waals surface area (Å²) in [5, 5.41) is 2.92. The largest absolute Gasteiger partial charge is 0.350 e. The summed E-state index contributed by atoms with van der Waals surface area (Å²) in [4.78, 5) is 25.7. The van der Waals surface area contributed by atoms with E-state index in [9.17, 15) is 4.79 Å². The standard InChI is InChI=1S/C22H21N5O/c28-21(25-15-18-9-4-5-13-23-18)12-11-20-26-19-10-6-14-24-22(19)27(20)16-17-7-2-1-3-8-17/h1-10,13-14H,11-12,15-16H2,(H,25,28). The summed E-state index contributed by atoms with van der Waals surface area (Å²) in [6, 6.07) is 19.7. The number of aryl methyl sites for hydroxylation is 1. The van der Waals surface area contributed by atoms with Gasteiger partial charge in [0, 0.05) is 25.2 Å². The molecule has 0 saturated carbocycles. The Morgan fingerprint density at radius 3 is 2.57 bits per heavy atom. The molecule has 0 radical (unpaired) electrons. The van der Waals surface area contributed by atoms with Crippen molar-refractivity contribution in [2.75, 3.05) is 0 Å². The third-order valence-corrected chi connectivity index (χ3v) is 4.53. The Balaban J connectivity index is 1.47. The van der Waals surface area contributed by atoms with Crippen molar-refractivity contribution in [2.24, 2.45) is 0 Å². The van der Waals surface area contributed by atoms with E-state index in [2.05, 4.69) is 32.0 Å². The molecule has 0 aliphatic carbocycles. The first-order valence-electron chi connectivity index (χ1n) is 9.30. The van der Waals surface area contributed by atoms with E-state index in [0.717, 1.165) is 22.7 Å². The average molecular weight is 371 g/mol. The van der Waals surface area contributed by atoms with Gasteiger partial charge < -0.3 is 9.88 Å². The lowest BCUT2D eigenvalue weighted by Crippen LogP contribution is -2.24. The minimum atomic E-state index is -0.0167. The molecule has 1 N–H and O–H groups in total. The molecule has 0 bridgehead atoms. The zero-order chi connectivity index (χ0) is 19.2. The summed E-state index contributed by atoms with van der Waals surface area (Å²) in [5.74, 6) is 0.850. The van der Waals surface area contributed by atoms with Gasteiger partial charge in [-0.1, -0.05) is 36.4 Å². The van der Waals surface area contributed by atoms with Crippen molar-refractivity contribution in [2.45, 2.75) is 25.9 Å². The molecule has 3 heterocycles. The first kappa shape index (κ1) is 17.9. The summed E-state index contributed by atoms with van der Waals surface area (Å²) in [6.07, 6.45) is 4.41. The van der Waals surface area contributed by atoms with Crippen LogP contribution in [0.5, 0.6) is 0 Å². The van der Waals surface area contributed by atoms with Gasteiger partial charge in [0.05, 0.1) is 18.8 Å². The number of nitrogens with zero attached hydrogens (tertiary/aromatic N) is 4. The highest BCUT2D eigenvalue weighted by Crippen LogP contribution is 2.17. The maximum atomic E-state index is 12.3. The Labute approximate surface area is 163 Å². The fourth-order valence-corrected chi connectivity index (χ4v) is 3.13. The predicted molar refractivity (Wildman–Crippen MR) is 107 cm³/mol. The van der Waals surface area contributed by atoms with Crippen molar-refractivity contribution in [1.82, 2.24) is 24.8 Å². The van der Waals surface area contributed by atoms with Crippen LogP contribution in [-0.2, 0) is 24.3 Å². The highest BCUT2D eigenvalue weighted by atomic mass is 16.1. The number of hydrogen-bond acceptors (Lipinski definition) is 4. The molecule has 3 aromatic heterocycles. The normalized spacial score (nSPS) is 10.9. The van der Waals surface area contributed by atoms with Crippen LogP contribution in [0.3, 0.4) is 0 Å². The number of amides is 1. The Bertz CT molecular complexity index is 1060. The van der Waals surface area contributed by atoms with Gasteiger partial charge in [-0.25, -0.2) is 9.97 Å². The Hall–Kier alpha value is -3.54. The van der Waals surface area contributed by atoms with Crippen molar-refractivity contribution in [1.29, 1.82) is 0 Å². The van der Waals surface area contributed by atoms with E-state index in [1.54, 1.807) is 12.4 Å². The van der Waals surface area contributed by atoms with Crippen molar-refractivity contribution >= 4 is 17.1 Å². The van der Waals surface area contributed by atoms with Crippen molar-refractivity contribution < 1.29 is 4.79 Å². The number of hydrogen-bond donors (Lipinski definition) is 1. The summed E-state index contributed by atoms with van der Waals surface area (Å²) in [7, 11) is 0. The lowest BCUT2D eigenvalue weighted by atomic mass is 10.2. The molecule has 0 aliphatic rings. The first-order valence-corrected chi connectivity index (χ1v) is 9.30. The Morgan fingerprint density at radius 2 is 1.75 bits per heavy atom. The Morgan fingerprint density at radius 1 is 0.929 bits per heavy atom. The van der Waals surface area contributed by atoms with Gasteiger partial charge in [0.25, 0.3) is 0 Å². The molecule has 6 nitrogen and oxygen atoms in total. The second-order valence-electron chi connectivity index (χ2n) is 6.54. The highest BCUT2D eigenvalue weighted by molar-refractivity contribution is 5.76. The number of rotatable bonds is 7. The minimum Gasteiger partial charge on any atom is -0.350 e. The van der Waals surface area contributed by atoms with Gasteiger partial charge in [0.1, 0.15) is 11.3 Å². The number of benzene rings is 1. The highest BCUT2D eigenvalue weighted by Gasteiger charge is 2.13. The maximum Gasteiger partial charge on any atom is 0.220 e. The van der Waals surface area contributed by atoms with Crippen LogP contribution in [0.15, 0.2) is 73.1 Å².